The van der Waals surface area contributed by atoms with E-state index in [0.29, 0.717) is 6.04 Å². The van der Waals surface area contributed by atoms with Crippen LogP contribution in [0, 0.1) is 0 Å². The Bertz CT molecular complexity index is 171. The Morgan fingerprint density at radius 1 is 1.21 bits per heavy atom. The van der Waals surface area contributed by atoms with Gasteiger partial charge in [-0.1, -0.05) is 0 Å². The second-order valence-electron chi connectivity index (χ2n) is 5.03. The van der Waals surface area contributed by atoms with Gasteiger partial charge in [0.05, 0.1) is 0 Å². The molecule has 3 nitrogen and oxygen atoms in total. The maximum absolute atomic E-state index is 3.40. The summed E-state index contributed by atoms with van der Waals surface area (Å²) in [5, 5.41) is 3.40. The zero-order chi connectivity index (χ0) is 10.8. The third-order valence-corrected chi connectivity index (χ3v) is 3.73. The molecule has 3 heteroatoms. The maximum Gasteiger partial charge on any atom is 0.0306 e. The van der Waals surface area contributed by atoms with Crippen LogP contribution in [-0.2, 0) is 0 Å². The molecule has 1 unspecified atom stereocenters. The molecule has 1 saturated heterocycles. The molecular weight excluding hydrogens is 174 g/mol. The second kappa shape index (κ2) is 4.60. The molecule has 0 saturated carbocycles. The van der Waals surface area contributed by atoms with Crippen molar-refractivity contribution >= 4 is 0 Å². The molecule has 0 aliphatic carbocycles. The standard InChI is InChI=1S/C11H25N3/c1-10(13(4)5)11(2,3)14-8-6-12-7-9-14/h10,12H,6-9H2,1-5H3. The molecule has 1 N–H and O–H groups in total. The molecule has 0 bridgehead atoms. The molecule has 1 fully saturated rings. The predicted molar refractivity (Wildman–Crippen MR) is 61.7 cm³/mol. The van der Waals surface area contributed by atoms with Gasteiger partial charge in [-0.05, 0) is 34.9 Å². The first-order valence-electron chi connectivity index (χ1n) is 5.58. The van der Waals surface area contributed by atoms with Gasteiger partial charge in [-0.25, -0.2) is 0 Å². The van der Waals surface area contributed by atoms with Crippen molar-refractivity contribution in [3.8, 4) is 0 Å². The fourth-order valence-corrected chi connectivity index (χ4v) is 2.14. The Morgan fingerprint density at radius 3 is 2.14 bits per heavy atom. The molecule has 1 rings (SSSR count). The summed E-state index contributed by atoms with van der Waals surface area (Å²) in [5.74, 6) is 0. The van der Waals surface area contributed by atoms with Crippen molar-refractivity contribution in [2.75, 3.05) is 40.3 Å². The van der Waals surface area contributed by atoms with Crippen molar-refractivity contribution in [3.05, 3.63) is 0 Å². The molecule has 1 aliphatic heterocycles. The summed E-state index contributed by atoms with van der Waals surface area (Å²) < 4.78 is 0. The number of piperazine rings is 1. The third-order valence-electron chi connectivity index (χ3n) is 3.73. The van der Waals surface area contributed by atoms with Crippen LogP contribution in [0.1, 0.15) is 20.8 Å². The van der Waals surface area contributed by atoms with Gasteiger partial charge in [-0.3, -0.25) is 4.90 Å². The molecule has 1 atom stereocenters. The topological polar surface area (TPSA) is 18.5 Å². The van der Waals surface area contributed by atoms with Crippen molar-refractivity contribution in [3.63, 3.8) is 0 Å². The van der Waals surface area contributed by atoms with Crippen LogP contribution in [0.4, 0.5) is 0 Å². The van der Waals surface area contributed by atoms with Crippen LogP contribution in [0.5, 0.6) is 0 Å². The van der Waals surface area contributed by atoms with Gasteiger partial charge in [0.2, 0.25) is 0 Å². The van der Waals surface area contributed by atoms with E-state index in [-0.39, 0.29) is 5.54 Å². The van der Waals surface area contributed by atoms with E-state index in [1.165, 1.54) is 13.1 Å². The molecule has 84 valence electrons. The third kappa shape index (κ3) is 2.47. The van der Waals surface area contributed by atoms with Gasteiger partial charge in [0, 0.05) is 37.8 Å². The van der Waals surface area contributed by atoms with Crippen molar-refractivity contribution in [2.45, 2.75) is 32.4 Å². The van der Waals surface area contributed by atoms with Crippen LogP contribution in [0.15, 0.2) is 0 Å². The van der Waals surface area contributed by atoms with E-state index in [2.05, 4.69) is 50.0 Å². The maximum atomic E-state index is 3.40. The molecular formula is C11H25N3. The van der Waals surface area contributed by atoms with Crippen molar-refractivity contribution in [1.29, 1.82) is 0 Å². The largest absolute Gasteiger partial charge is 0.314 e. The summed E-state index contributed by atoms with van der Waals surface area (Å²) in [4.78, 5) is 4.90. The van der Waals surface area contributed by atoms with E-state index in [9.17, 15) is 0 Å². The fraction of sp³-hybridized carbons (Fsp3) is 1.00. The van der Waals surface area contributed by atoms with Crippen LogP contribution in [0.2, 0.25) is 0 Å². The fourth-order valence-electron chi connectivity index (χ4n) is 2.14. The van der Waals surface area contributed by atoms with E-state index < -0.39 is 0 Å². The SMILES string of the molecule is CC(N(C)C)C(C)(C)N1CCNCC1. The van der Waals surface area contributed by atoms with E-state index >= 15 is 0 Å². The molecule has 0 radical (unpaired) electrons. The van der Waals surface area contributed by atoms with Gasteiger partial charge in [0.1, 0.15) is 0 Å². The Balaban J connectivity index is 2.61. The Morgan fingerprint density at radius 2 is 1.71 bits per heavy atom. The second-order valence-corrected chi connectivity index (χ2v) is 5.03. The lowest BCUT2D eigenvalue weighted by Gasteiger charge is -2.47. The lowest BCUT2D eigenvalue weighted by atomic mass is 9.92. The molecule has 0 aromatic heterocycles. The lowest BCUT2D eigenvalue weighted by molar-refractivity contribution is 0.0378. The number of hydrogen-bond acceptors (Lipinski definition) is 3. The van der Waals surface area contributed by atoms with Crippen LogP contribution < -0.4 is 5.32 Å². The zero-order valence-electron chi connectivity index (χ0n) is 10.3. The van der Waals surface area contributed by atoms with Crippen molar-refractivity contribution < 1.29 is 0 Å². The molecule has 0 aromatic rings. The summed E-state index contributed by atoms with van der Waals surface area (Å²) in [5.41, 5.74) is 0.269. The van der Waals surface area contributed by atoms with Crippen LogP contribution >= 0.6 is 0 Å². The summed E-state index contributed by atoms with van der Waals surface area (Å²) in [7, 11) is 4.32. The molecule has 14 heavy (non-hydrogen) atoms. The van der Waals surface area contributed by atoms with Gasteiger partial charge in [-0.2, -0.15) is 0 Å². The lowest BCUT2D eigenvalue weighted by Crippen LogP contribution is -2.60. The first-order valence-corrected chi connectivity index (χ1v) is 5.58. The van der Waals surface area contributed by atoms with Gasteiger partial charge in [0.15, 0.2) is 0 Å². The van der Waals surface area contributed by atoms with Crippen molar-refractivity contribution in [2.24, 2.45) is 0 Å². The van der Waals surface area contributed by atoms with E-state index in [1.54, 1.807) is 0 Å². The average Bonchev–Trinajstić information content (AvgIpc) is 2.18. The highest BCUT2D eigenvalue weighted by Gasteiger charge is 2.34. The van der Waals surface area contributed by atoms with Crippen LogP contribution in [-0.4, -0.2) is 61.7 Å². The molecule has 1 aliphatic rings. The highest BCUT2D eigenvalue weighted by atomic mass is 15.3. The number of rotatable bonds is 3. The first kappa shape index (κ1) is 12.0. The van der Waals surface area contributed by atoms with Gasteiger partial charge >= 0.3 is 0 Å². The molecule has 0 amide bonds. The van der Waals surface area contributed by atoms with Crippen LogP contribution in [0.25, 0.3) is 0 Å². The summed E-state index contributed by atoms with van der Waals surface area (Å²) in [6, 6.07) is 0.584. The highest BCUT2D eigenvalue weighted by Crippen LogP contribution is 2.22. The molecule has 1 heterocycles. The molecule has 0 aromatic carbocycles. The minimum Gasteiger partial charge on any atom is -0.314 e. The monoisotopic (exact) mass is 199 g/mol. The minimum atomic E-state index is 0.269. The summed E-state index contributed by atoms with van der Waals surface area (Å²) in [6.07, 6.45) is 0. The Labute approximate surface area is 88.5 Å². The normalized spacial score (nSPS) is 22.7. The number of nitrogens with one attached hydrogen (secondary N) is 1. The Kier molecular flexibility index (Phi) is 3.93. The number of hydrogen-bond donors (Lipinski definition) is 1. The summed E-state index contributed by atoms with van der Waals surface area (Å²) >= 11 is 0. The van der Waals surface area contributed by atoms with E-state index in [4.69, 9.17) is 0 Å². The zero-order valence-corrected chi connectivity index (χ0v) is 10.3. The van der Waals surface area contributed by atoms with E-state index in [0.717, 1.165) is 13.1 Å². The number of likely N-dealkylation sites (N-methyl/N-ethyl adjacent to an activating group) is 1. The number of nitrogens with zero attached hydrogens (tertiary/aromatic N) is 2. The highest BCUT2D eigenvalue weighted by molar-refractivity contribution is 4.92. The smallest absolute Gasteiger partial charge is 0.0306 e. The van der Waals surface area contributed by atoms with E-state index in [1.807, 2.05) is 0 Å². The van der Waals surface area contributed by atoms with Gasteiger partial charge in [-0.15, -0.1) is 0 Å². The van der Waals surface area contributed by atoms with Gasteiger partial charge in [0.25, 0.3) is 0 Å². The van der Waals surface area contributed by atoms with Crippen LogP contribution in [0.3, 0.4) is 0 Å². The summed E-state index contributed by atoms with van der Waals surface area (Å²) in [6.45, 7) is 11.6. The average molecular weight is 199 g/mol. The first-order chi connectivity index (χ1) is 6.46. The molecule has 0 spiro atoms. The minimum absolute atomic E-state index is 0.269. The van der Waals surface area contributed by atoms with Gasteiger partial charge < -0.3 is 10.2 Å². The Hall–Kier alpha value is -0.120. The quantitative estimate of drug-likeness (QED) is 0.719. The van der Waals surface area contributed by atoms with Crippen molar-refractivity contribution in [1.82, 2.24) is 15.1 Å². The predicted octanol–water partition coefficient (Wildman–Crippen LogP) is 0.620.